The van der Waals surface area contributed by atoms with Gasteiger partial charge in [0.2, 0.25) is 0 Å². The van der Waals surface area contributed by atoms with E-state index in [9.17, 15) is 0 Å². The third kappa shape index (κ3) is 5.77. The van der Waals surface area contributed by atoms with Crippen LogP contribution in [-0.2, 0) is 4.74 Å². The minimum Gasteiger partial charge on any atom is -0.487 e. The van der Waals surface area contributed by atoms with E-state index in [1.807, 2.05) is 6.92 Å². The van der Waals surface area contributed by atoms with Crippen molar-refractivity contribution in [1.29, 1.82) is 0 Å². The molecule has 0 N–H and O–H groups in total. The molecule has 0 radical (unpaired) electrons. The summed E-state index contributed by atoms with van der Waals surface area (Å²) in [6.07, 6.45) is 1.36. The van der Waals surface area contributed by atoms with Crippen LogP contribution in [0.3, 0.4) is 0 Å². The summed E-state index contributed by atoms with van der Waals surface area (Å²) in [6, 6.07) is 0. The highest BCUT2D eigenvalue weighted by atomic mass is 32.1. The Morgan fingerprint density at radius 3 is 2.33 bits per heavy atom. The number of hydrogen-bond acceptors (Lipinski definition) is 2. The number of hydrogen-bond donors (Lipinski definition) is 0. The quantitative estimate of drug-likeness (QED) is 0.563. The van der Waals surface area contributed by atoms with Crippen LogP contribution in [0.25, 0.3) is 0 Å². The fourth-order valence-electron chi connectivity index (χ4n) is 0.814. The molecule has 54 valence electrons. The Balaban J connectivity index is 3.25. The third-order valence-corrected chi connectivity index (χ3v) is 1.20. The minimum absolute atomic E-state index is 0.280. The summed E-state index contributed by atoms with van der Waals surface area (Å²) < 4.78 is 5.04. The number of thiocarbonyl (C=S) groups is 1. The Morgan fingerprint density at radius 1 is 1.44 bits per heavy atom. The van der Waals surface area contributed by atoms with Crippen molar-refractivity contribution in [3.63, 3.8) is 0 Å². The Morgan fingerprint density at radius 2 is 2.00 bits per heavy atom. The molecule has 0 aliphatic carbocycles. The van der Waals surface area contributed by atoms with E-state index in [0.717, 1.165) is 6.42 Å². The zero-order valence-corrected chi connectivity index (χ0v) is 7.07. The number of ether oxygens (including phenoxy) is 1. The molecule has 1 nitrogen and oxygen atoms in total. The van der Waals surface area contributed by atoms with Crippen molar-refractivity contribution in [3.8, 4) is 0 Å². The summed E-state index contributed by atoms with van der Waals surface area (Å²) in [5, 5.41) is 0. The lowest BCUT2D eigenvalue weighted by atomic mass is 10.1. The second-order valence-corrected chi connectivity index (χ2v) is 2.86. The van der Waals surface area contributed by atoms with Gasteiger partial charge in [0.05, 0.1) is 6.10 Å². The second-order valence-electron chi connectivity index (χ2n) is 2.67. The molecule has 0 saturated carbocycles. The maximum atomic E-state index is 5.04. The van der Waals surface area contributed by atoms with Crippen molar-refractivity contribution in [3.05, 3.63) is 0 Å². The van der Waals surface area contributed by atoms with Gasteiger partial charge in [0.15, 0.2) is 0 Å². The van der Waals surface area contributed by atoms with Crippen molar-refractivity contribution in [1.82, 2.24) is 0 Å². The molecule has 0 rings (SSSR count). The molecule has 0 aliphatic heterocycles. The van der Waals surface area contributed by atoms with Crippen LogP contribution in [-0.4, -0.2) is 11.7 Å². The normalized spacial score (nSPS) is 13.3. The average molecular weight is 146 g/mol. The first-order valence-corrected chi connectivity index (χ1v) is 3.73. The SMILES string of the molecule is CC(C)CC(C)OC=S. The van der Waals surface area contributed by atoms with Gasteiger partial charge in [-0.15, -0.1) is 0 Å². The van der Waals surface area contributed by atoms with Crippen LogP contribution >= 0.6 is 12.2 Å². The van der Waals surface area contributed by atoms with Gasteiger partial charge in [0.1, 0.15) is 5.55 Å². The monoisotopic (exact) mass is 146 g/mol. The highest BCUT2D eigenvalue weighted by Crippen LogP contribution is 2.05. The Kier molecular flexibility index (Phi) is 4.68. The average Bonchev–Trinajstić information content (AvgIpc) is 1.63. The van der Waals surface area contributed by atoms with Gasteiger partial charge in [-0.05, 0) is 31.5 Å². The first kappa shape index (κ1) is 8.89. The van der Waals surface area contributed by atoms with Crippen molar-refractivity contribution < 1.29 is 4.74 Å². The molecule has 9 heavy (non-hydrogen) atoms. The zero-order valence-electron chi connectivity index (χ0n) is 6.26. The molecular weight excluding hydrogens is 132 g/mol. The van der Waals surface area contributed by atoms with Gasteiger partial charge in [-0.25, -0.2) is 0 Å². The first-order valence-electron chi connectivity index (χ1n) is 3.26. The van der Waals surface area contributed by atoms with Crippen LogP contribution in [0.4, 0.5) is 0 Å². The summed E-state index contributed by atoms with van der Waals surface area (Å²) in [4.78, 5) is 0. The van der Waals surface area contributed by atoms with Crippen LogP contribution in [0.2, 0.25) is 0 Å². The van der Waals surface area contributed by atoms with Crippen molar-refractivity contribution >= 4 is 17.8 Å². The van der Waals surface area contributed by atoms with E-state index < -0.39 is 0 Å². The Hall–Kier alpha value is -0.110. The molecule has 0 bridgehead atoms. The van der Waals surface area contributed by atoms with Gasteiger partial charge in [0, 0.05) is 0 Å². The van der Waals surface area contributed by atoms with Gasteiger partial charge < -0.3 is 4.74 Å². The predicted molar refractivity (Wildman–Crippen MR) is 43.7 cm³/mol. The van der Waals surface area contributed by atoms with E-state index in [4.69, 9.17) is 4.74 Å². The molecule has 0 heterocycles. The molecule has 0 fully saturated rings. The molecule has 0 amide bonds. The van der Waals surface area contributed by atoms with Crippen molar-refractivity contribution in [2.75, 3.05) is 0 Å². The predicted octanol–water partition coefficient (Wildman–Crippen LogP) is 2.39. The first-order chi connectivity index (χ1) is 4.16. The smallest absolute Gasteiger partial charge is 0.146 e. The van der Waals surface area contributed by atoms with E-state index in [1.54, 1.807) is 0 Å². The van der Waals surface area contributed by atoms with Crippen LogP contribution in [0.1, 0.15) is 27.2 Å². The lowest BCUT2D eigenvalue weighted by molar-refractivity contribution is 0.195. The van der Waals surface area contributed by atoms with E-state index in [2.05, 4.69) is 26.1 Å². The van der Waals surface area contributed by atoms with Crippen LogP contribution in [0, 0.1) is 5.92 Å². The molecule has 0 spiro atoms. The molecule has 2 heteroatoms. The van der Waals surface area contributed by atoms with E-state index in [1.165, 1.54) is 5.55 Å². The fraction of sp³-hybridized carbons (Fsp3) is 0.857. The Labute approximate surface area is 62.4 Å². The van der Waals surface area contributed by atoms with Gasteiger partial charge in [-0.2, -0.15) is 0 Å². The largest absolute Gasteiger partial charge is 0.487 e. The van der Waals surface area contributed by atoms with Crippen molar-refractivity contribution in [2.24, 2.45) is 5.92 Å². The van der Waals surface area contributed by atoms with E-state index in [-0.39, 0.29) is 6.10 Å². The van der Waals surface area contributed by atoms with Gasteiger partial charge in [-0.1, -0.05) is 13.8 Å². The summed E-state index contributed by atoms with van der Waals surface area (Å²) in [5.74, 6) is 0.690. The minimum atomic E-state index is 0.280. The highest BCUT2D eigenvalue weighted by molar-refractivity contribution is 7.78. The van der Waals surface area contributed by atoms with E-state index in [0.29, 0.717) is 5.92 Å². The molecular formula is C7H14OS. The zero-order chi connectivity index (χ0) is 7.28. The second kappa shape index (κ2) is 4.74. The topological polar surface area (TPSA) is 9.23 Å². The fourth-order valence-corrected chi connectivity index (χ4v) is 1.00. The summed E-state index contributed by atoms with van der Waals surface area (Å²) in [6.45, 7) is 6.37. The number of rotatable bonds is 4. The van der Waals surface area contributed by atoms with Crippen LogP contribution in [0.15, 0.2) is 0 Å². The molecule has 0 aromatic rings. The van der Waals surface area contributed by atoms with Gasteiger partial charge in [-0.3, -0.25) is 0 Å². The molecule has 0 aromatic carbocycles. The van der Waals surface area contributed by atoms with Gasteiger partial charge >= 0.3 is 0 Å². The Bertz CT molecular complexity index is 81.0. The summed E-state index contributed by atoms with van der Waals surface area (Å²) >= 11 is 4.53. The molecule has 1 unspecified atom stereocenters. The maximum absolute atomic E-state index is 5.04. The van der Waals surface area contributed by atoms with Crippen LogP contribution in [0.5, 0.6) is 0 Å². The summed E-state index contributed by atoms with van der Waals surface area (Å²) in [5.41, 5.74) is 1.34. The third-order valence-electron chi connectivity index (χ3n) is 1.09. The standard InChI is InChI=1S/C7H14OS/c1-6(2)4-7(3)8-5-9/h5-7H,4H2,1-3H3. The van der Waals surface area contributed by atoms with E-state index >= 15 is 0 Å². The summed E-state index contributed by atoms with van der Waals surface area (Å²) in [7, 11) is 0. The highest BCUT2D eigenvalue weighted by Gasteiger charge is 2.02. The maximum Gasteiger partial charge on any atom is 0.146 e. The lowest BCUT2D eigenvalue weighted by Crippen LogP contribution is -2.09. The molecule has 1 atom stereocenters. The molecule has 0 aromatic heterocycles. The van der Waals surface area contributed by atoms with Crippen molar-refractivity contribution in [2.45, 2.75) is 33.3 Å². The van der Waals surface area contributed by atoms with Crippen LogP contribution < -0.4 is 0 Å². The lowest BCUT2D eigenvalue weighted by Gasteiger charge is -2.11. The van der Waals surface area contributed by atoms with Gasteiger partial charge in [0.25, 0.3) is 0 Å². The molecule has 0 aliphatic rings. The molecule has 0 saturated heterocycles.